The Balaban J connectivity index is 0.000000671. The van der Waals surface area contributed by atoms with Crippen LogP contribution in [0.2, 0.25) is 0 Å². The maximum absolute atomic E-state index is 13.4. The summed E-state index contributed by atoms with van der Waals surface area (Å²) in [5.74, 6) is 0.340. The number of ketones is 1. The van der Waals surface area contributed by atoms with Crippen LogP contribution in [0.4, 0.5) is 13.2 Å². The Hall–Kier alpha value is -5.01. The van der Waals surface area contributed by atoms with Gasteiger partial charge in [-0.3, -0.25) is 9.59 Å². The van der Waals surface area contributed by atoms with Crippen molar-refractivity contribution in [3.05, 3.63) is 59.7 Å². The molecule has 4 N–H and O–H groups in total. The lowest BCUT2D eigenvalue weighted by molar-refractivity contribution is -0.192. The normalized spacial score (nSPS) is 13.0. The van der Waals surface area contributed by atoms with E-state index < -0.39 is 12.1 Å². The topological polar surface area (TPSA) is 156 Å². The van der Waals surface area contributed by atoms with Gasteiger partial charge in [0.25, 0.3) is 0 Å². The minimum atomic E-state index is -5.08. The number of H-pyrrole nitrogens is 2. The first-order chi connectivity index (χ1) is 22.9. The summed E-state index contributed by atoms with van der Waals surface area (Å²) in [5, 5.41) is 11.3. The number of aromatic amines is 2. The van der Waals surface area contributed by atoms with Crippen molar-refractivity contribution in [1.82, 2.24) is 20.3 Å². The van der Waals surface area contributed by atoms with Crippen LogP contribution in [0, 0.1) is 6.92 Å². The Kier molecular flexibility index (Phi) is 12.1. The Labute approximate surface area is 275 Å². The van der Waals surface area contributed by atoms with E-state index in [1.165, 1.54) is 0 Å². The van der Waals surface area contributed by atoms with Crippen molar-refractivity contribution in [3.8, 4) is 28.5 Å². The van der Waals surface area contributed by atoms with E-state index in [0.29, 0.717) is 44.1 Å². The maximum atomic E-state index is 13.4. The Bertz CT molecular complexity index is 1730. The number of methoxy groups -OCH3 is 1. The number of imidazole rings is 1. The Morgan fingerprint density at radius 2 is 1.77 bits per heavy atom. The van der Waals surface area contributed by atoms with Gasteiger partial charge in [0, 0.05) is 35.0 Å². The summed E-state index contributed by atoms with van der Waals surface area (Å²) in [6.07, 6.45) is 1.45. The molecule has 1 amide bonds. The molecular formula is C34H39F3N4O7. The van der Waals surface area contributed by atoms with Crippen LogP contribution in [-0.2, 0) is 20.8 Å². The molecule has 0 aliphatic carbocycles. The van der Waals surface area contributed by atoms with Crippen LogP contribution in [-0.4, -0.2) is 64.2 Å². The van der Waals surface area contributed by atoms with E-state index in [9.17, 15) is 22.8 Å². The second-order valence-corrected chi connectivity index (χ2v) is 11.3. The van der Waals surface area contributed by atoms with Crippen LogP contribution in [0.1, 0.15) is 68.6 Å². The van der Waals surface area contributed by atoms with E-state index in [1.54, 1.807) is 13.3 Å². The maximum Gasteiger partial charge on any atom is 0.490 e. The number of aromatic nitrogens is 3. The number of alkyl halides is 3. The molecule has 5 rings (SSSR count). The molecule has 4 aromatic rings. The zero-order valence-corrected chi connectivity index (χ0v) is 27.0. The summed E-state index contributed by atoms with van der Waals surface area (Å²) in [6.45, 7) is 4.94. The van der Waals surface area contributed by atoms with Crippen molar-refractivity contribution in [2.45, 2.75) is 71.0 Å². The summed E-state index contributed by atoms with van der Waals surface area (Å²) in [7, 11) is 1.64. The molecule has 0 saturated heterocycles. The molecule has 48 heavy (non-hydrogen) atoms. The highest BCUT2D eigenvalue weighted by Crippen LogP contribution is 2.34. The van der Waals surface area contributed by atoms with Crippen molar-refractivity contribution in [1.29, 1.82) is 0 Å². The van der Waals surface area contributed by atoms with Gasteiger partial charge in [0.05, 0.1) is 31.5 Å². The van der Waals surface area contributed by atoms with E-state index in [1.807, 2.05) is 50.2 Å². The quantitative estimate of drug-likeness (QED) is 0.116. The van der Waals surface area contributed by atoms with Gasteiger partial charge in [0.15, 0.2) is 11.5 Å². The third kappa shape index (κ3) is 9.52. The molecule has 0 spiro atoms. The van der Waals surface area contributed by atoms with Gasteiger partial charge >= 0.3 is 12.1 Å². The second-order valence-electron chi connectivity index (χ2n) is 11.3. The molecule has 0 bridgehead atoms. The number of benzene rings is 2. The molecule has 258 valence electrons. The van der Waals surface area contributed by atoms with Crippen molar-refractivity contribution in [2.75, 3.05) is 20.3 Å². The first-order valence-electron chi connectivity index (χ1n) is 15.6. The fourth-order valence-electron chi connectivity index (χ4n) is 5.29. The van der Waals surface area contributed by atoms with Crippen molar-refractivity contribution in [2.24, 2.45) is 0 Å². The van der Waals surface area contributed by atoms with Crippen molar-refractivity contribution >= 4 is 28.6 Å². The number of aliphatic carboxylic acids is 1. The molecule has 2 aromatic heterocycles. The third-order valence-electron chi connectivity index (χ3n) is 7.86. The number of nitrogens with one attached hydrogen (secondary N) is 3. The molecule has 3 heterocycles. The summed E-state index contributed by atoms with van der Waals surface area (Å²) >= 11 is 0. The van der Waals surface area contributed by atoms with Crippen LogP contribution in [0.15, 0.2) is 42.6 Å². The van der Waals surface area contributed by atoms with E-state index in [0.717, 1.165) is 64.2 Å². The lowest BCUT2D eigenvalue weighted by Crippen LogP contribution is -2.30. The average molecular weight is 673 g/mol. The number of rotatable bonds is 13. The largest absolute Gasteiger partial charge is 0.497 e. The zero-order valence-electron chi connectivity index (χ0n) is 27.0. The number of nitrogens with zero attached hydrogens (tertiary/aromatic N) is 1. The fraction of sp³-hybridized carbons (Fsp3) is 0.412. The lowest BCUT2D eigenvalue weighted by Gasteiger charge is -2.19. The molecule has 0 radical (unpaired) electrons. The van der Waals surface area contributed by atoms with E-state index in [4.69, 9.17) is 24.1 Å². The molecular weight excluding hydrogens is 633 g/mol. The van der Waals surface area contributed by atoms with Gasteiger partial charge in [-0.05, 0) is 61.7 Å². The number of halogens is 3. The number of carboxylic acids is 1. The number of carbonyl (C=O) groups is 3. The summed E-state index contributed by atoms with van der Waals surface area (Å²) in [4.78, 5) is 45.5. The fourth-order valence-corrected chi connectivity index (χ4v) is 5.29. The first kappa shape index (κ1) is 35.8. The van der Waals surface area contributed by atoms with E-state index in [2.05, 4.69) is 20.3 Å². The molecule has 0 saturated carbocycles. The number of carbonyl (C=O) groups excluding carboxylic acids is 2. The smallest absolute Gasteiger partial charge is 0.490 e. The van der Waals surface area contributed by atoms with Crippen LogP contribution >= 0.6 is 0 Å². The number of Topliss-reactive ketones (excluding diaryl/α,β-unsaturated/α-hetero) is 1. The highest BCUT2D eigenvalue weighted by Gasteiger charge is 2.38. The van der Waals surface area contributed by atoms with Crippen LogP contribution in [0.25, 0.3) is 22.2 Å². The Morgan fingerprint density at radius 3 is 2.46 bits per heavy atom. The van der Waals surface area contributed by atoms with Gasteiger partial charge in [-0.15, -0.1) is 0 Å². The van der Waals surface area contributed by atoms with Gasteiger partial charge in [0.2, 0.25) is 5.91 Å². The van der Waals surface area contributed by atoms with E-state index in [-0.39, 0.29) is 24.2 Å². The van der Waals surface area contributed by atoms with Crippen LogP contribution < -0.4 is 19.5 Å². The highest BCUT2D eigenvalue weighted by atomic mass is 19.4. The molecule has 11 nitrogen and oxygen atoms in total. The van der Waals surface area contributed by atoms with Gasteiger partial charge in [-0.2, -0.15) is 13.2 Å². The number of hydrogen-bond donors (Lipinski definition) is 4. The van der Waals surface area contributed by atoms with Gasteiger partial charge in [-0.1, -0.05) is 19.8 Å². The van der Waals surface area contributed by atoms with Gasteiger partial charge < -0.3 is 34.6 Å². The number of ether oxygens (including phenoxy) is 3. The summed E-state index contributed by atoms with van der Waals surface area (Å²) in [5.41, 5.74) is 4.65. The highest BCUT2D eigenvalue weighted by molar-refractivity contribution is 5.91. The summed E-state index contributed by atoms with van der Waals surface area (Å²) in [6, 6.07) is 11.4. The molecule has 1 atom stereocenters. The number of unbranched alkanes of at least 4 members (excludes halogenated alkanes) is 2. The van der Waals surface area contributed by atoms with Gasteiger partial charge in [-0.25, -0.2) is 9.78 Å². The van der Waals surface area contributed by atoms with Crippen LogP contribution in [0.3, 0.4) is 0 Å². The standard InChI is InChI=1S/C32H38N4O5.C2HF3O2/c1-4-22(37)8-6-5-7-9-27(32-33-19-28(36-32)21-10-13-29-30(16-21)41-15-14-40-29)35-31(38)18-24-20(2)34-26-12-11-23(39-3)17-25(24)26;3-2(4,5)1(6)7/h10-13,16-17,19,27,34H,4-9,14-15,18H2,1-3H3,(H,33,36)(H,35,38);(H,6,7)/t27-;/m0./s1. The first-order valence-corrected chi connectivity index (χ1v) is 15.6. The number of aryl methyl sites for hydroxylation is 1. The number of hydrogen-bond acceptors (Lipinski definition) is 7. The molecule has 14 heteroatoms. The molecule has 0 fully saturated rings. The molecule has 0 unspecified atom stereocenters. The predicted molar refractivity (Wildman–Crippen MR) is 171 cm³/mol. The summed E-state index contributed by atoms with van der Waals surface area (Å²) < 4.78 is 48.5. The predicted octanol–water partition coefficient (Wildman–Crippen LogP) is 6.61. The monoisotopic (exact) mass is 672 g/mol. The minimum Gasteiger partial charge on any atom is -0.497 e. The SMILES string of the molecule is CCC(=O)CCCCC[C@H](NC(=O)Cc1c(C)[nH]c2ccc(OC)cc12)c1ncc(-c2ccc3c(c2)OCCO3)[nH]1.O=C(O)C(F)(F)F. The van der Waals surface area contributed by atoms with Crippen molar-refractivity contribution < 1.29 is 46.9 Å². The number of fused-ring (bicyclic) bond motifs is 2. The van der Waals surface area contributed by atoms with Crippen molar-refractivity contribution in [3.63, 3.8) is 0 Å². The van der Waals surface area contributed by atoms with Gasteiger partial charge in [0.1, 0.15) is 30.6 Å². The lowest BCUT2D eigenvalue weighted by atomic mass is 10.0. The van der Waals surface area contributed by atoms with Crippen LogP contribution in [0.5, 0.6) is 17.2 Å². The zero-order chi connectivity index (χ0) is 34.8. The number of amides is 1. The third-order valence-corrected chi connectivity index (χ3v) is 7.86. The molecule has 1 aliphatic heterocycles. The molecule has 2 aromatic carbocycles. The Morgan fingerprint density at radius 1 is 1.04 bits per heavy atom. The van der Waals surface area contributed by atoms with E-state index >= 15 is 0 Å². The number of carboxylic acid groups (broad SMARTS) is 1. The second kappa shape index (κ2) is 16.2. The average Bonchev–Trinajstić information content (AvgIpc) is 3.68. The molecule has 1 aliphatic rings. The minimum absolute atomic E-state index is 0.0831.